The molecule has 0 aliphatic heterocycles. The van der Waals surface area contributed by atoms with E-state index in [4.69, 9.17) is 0 Å². The molecule has 0 saturated carbocycles. The summed E-state index contributed by atoms with van der Waals surface area (Å²) in [4.78, 5) is 12.6. The van der Waals surface area contributed by atoms with Crippen molar-refractivity contribution in [3.63, 3.8) is 0 Å². The van der Waals surface area contributed by atoms with E-state index in [9.17, 15) is 13.2 Å². The monoisotopic (exact) mass is 402 g/mol. The normalized spacial score (nSPS) is 12.7. The van der Waals surface area contributed by atoms with E-state index in [2.05, 4.69) is 19.2 Å². The first-order chi connectivity index (χ1) is 13.0. The number of carbonyl (C=O) groups is 1. The summed E-state index contributed by atoms with van der Waals surface area (Å²) in [6.07, 6.45) is 1.11. The van der Waals surface area contributed by atoms with Crippen LogP contribution in [0.1, 0.15) is 55.0 Å². The summed E-state index contributed by atoms with van der Waals surface area (Å²) in [5.41, 5.74) is 4.94. The van der Waals surface area contributed by atoms with E-state index in [-0.39, 0.29) is 18.5 Å². The van der Waals surface area contributed by atoms with E-state index in [0.29, 0.717) is 11.6 Å². The van der Waals surface area contributed by atoms with Crippen LogP contribution in [0.5, 0.6) is 0 Å². The number of sulfonamides is 1. The molecule has 0 aromatic heterocycles. The number of benzene rings is 2. The van der Waals surface area contributed by atoms with E-state index in [1.165, 1.54) is 5.56 Å². The molecule has 2 aromatic rings. The van der Waals surface area contributed by atoms with Gasteiger partial charge in [0.1, 0.15) is 6.54 Å². The van der Waals surface area contributed by atoms with Gasteiger partial charge in [0.15, 0.2) is 0 Å². The van der Waals surface area contributed by atoms with Gasteiger partial charge in [-0.05, 0) is 61.1 Å². The van der Waals surface area contributed by atoms with Crippen molar-refractivity contribution in [1.29, 1.82) is 0 Å². The van der Waals surface area contributed by atoms with Crippen LogP contribution in [0.25, 0.3) is 0 Å². The third kappa shape index (κ3) is 5.58. The van der Waals surface area contributed by atoms with Crippen LogP contribution < -0.4 is 9.62 Å². The molecule has 2 rings (SSSR count). The van der Waals surface area contributed by atoms with Crippen molar-refractivity contribution in [2.24, 2.45) is 0 Å². The minimum absolute atomic E-state index is 0.212. The predicted molar refractivity (Wildman–Crippen MR) is 115 cm³/mol. The Bertz CT molecular complexity index is 935. The minimum Gasteiger partial charge on any atom is -0.348 e. The molecule has 0 saturated heterocycles. The lowest BCUT2D eigenvalue weighted by Gasteiger charge is -2.24. The van der Waals surface area contributed by atoms with Crippen LogP contribution in [0, 0.1) is 13.8 Å². The lowest BCUT2D eigenvalue weighted by atomic mass is 10.0. The summed E-state index contributed by atoms with van der Waals surface area (Å²) in [5, 5.41) is 2.90. The number of hydrogen-bond donors (Lipinski definition) is 1. The second-order valence-electron chi connectivity index (χ2n) is 7.65. The number of anilines is 1. The molecule has 0 radical (unpaired) electrons. The highest BCUT2D eigenvalue weighted by Gasteiger charge is 2.22. The Kier molecular flexibility index (Phi) is 6.88. The molecule has 0 spiro atoms. The van der Waals surface area contributed by atoms with Gasteiger partial charge in [-0.15, -0.1) is 0 Å². The van der Waals surface area contributed by atoms with E-state index in [1.807, 2.05) is 51.1 Å². The van der Waals surface area contributed by atoms with Gasteiger partial charge in [0.05, 0.1) is 18.0 Å². The molecule has 0 aliphatic carbocycles. The molecule has 0 fully saturated rings. The fourth-order valence-electron chi connectivity index (χ4n) is 2.96. The molecule has 0 aliphatic rings. The molecule has 152 valence electrons. The summed E-state index contributed by atoms with van der Waals surface area (Å²) in [6, 6.07) is 13.1. The highest BCUT2D eigenvalue weighted by atomic mass is 32.2. The van der Waals surface area contributed by atoms with Crippen molar-refractivity contribution in [1.82, 2.24) is 5.32 Å². The first-order valence-corrected chi connectivity index (χ1v) is 11.3. The molecule has 1 amide bonds. The number of carbonyl (C=O) groups excluding carboxylic acids is 1. The summed E-state index contributed by atoms with van der Waals surface area (Å²) in [7, 11) is -3.59. The zero-order valence-corrected chi connectivity index (χ0v) is 18.3. The van der Waals surface area contributed by atoms with Crippen LogP contribution in [0.2, 0.25) is 0 Å². The molecule has 2 aromatic carbocycles. The fourth-order valence-corrected chi connectivity index (χ4v) is 3.82. The first-order valence-electron chi connectivity index (χ1n) is 9.43. The molecule has 5 nitrogen and oxygen atoms in total. The summed E-state index contributed by atoms with van der Waals surface area (Å²) >= 11 is 0. The number of nitrogens with zero attached hydrogens (tertiary/aromatic N) is 1. The highest BCUT2D eigenvalue weighted by molar-refractivity contribution is 7.92. The second kappa shape index (κ2) is 8.78. The summed E-state index contributed by atoms with van der Waals surface area (Å²) in [6.45, 7) is 9.85. The number of hydrogen-bond acceptors (Lipinski definition) is 3. The van der Waals surface area contributed by atoms with Crippen molar-refractivity contribution < 1.29 is 13.2 Å². The van der Waals surface area contributed by atoms with Gasteiger partial charge in [0.2, 0.25) is 15.9 Å². The van der Waals surface area contributed by atoms with Gasteiger partial charge in [0.25, 0.3) is 0 Å². The van der Waals surface area contributed by atoms with E-state index in [0.717, 1.165) is 27.3 Å². The largest absolute Gasteiger partial charge is 0.348 e. The van der Waals surface area contributed by atoms with Gasteiger partial charge in [-0.3, -0.25) is 9.10 Å². The van der Waals surface area contributed by atoms with Crippen LogP contribution >= 0.6 is 0 Å². The molecule has 1 atom stereocenters. The molecule has 0 heterocycles. The van der Waals surface area contributed by atoms with Gasteiger partial charge in [-0.2, -0.15) is 0 Å². The Morgan fingerprint density at radius 2 is 1.54 bits per heavy atom. The summed E-state index contributed by atoms with van der Waals surface area (Å²) < 4.78 is 25.7. The van der Waals surface area contributed by atoms with Crippen molar-refractivity contribution in [3.05, 3.63) is 64.7 Å². The van der Waals surface area contributed by atoms with Crippen molar-refractivity contribution in [2.75, 3.05) is 17.1 Å². The molecule has 0 unspecified atom stereocenters. The molecule has 28 heavy (non-hydrogen) atoms. The smallest absolute Gasteiger partial charge is 0.241 e. The van der Waals surface area contributed by atoms with Crippen LogP contribution in [0.3, 0.4) is 0 Å². The standard InChI is InChI=1S/C22H30N2O3S/c1-15(2)19-9-11-21(12-10-19)24(28(6,26)27)14-22(25)23-18(5)20-8-7-16(3)17(4)13-20/h7-13,15,18H,14H2,1-6H3,(H,23,25)/t18-/m1/s1. The van der Waals surface area contributed by atoms with Gasteiger partial charge in [-0.1, -0.05) is 44.2 Å². The average Bonchev–Trinajstić information content (AvgIpc) is 2.61. The SMILES string of the molecule is Cc1ccc([C@@H](C)NC(=O)CN(c2ccc(C(C)C)cc2)S(C)(=O)=O)cc1C. The predicted octanol–water partition coefficient (Wildman–Crippen LogP) is 4.07. The molecular formula is C22H30N2O3S. The van der Waals surface area contributed by atoms with Crippen LogP contribution in [0.15, 0.2) is 42.5 Å². The second-order valence-corrected chi connectivity index (χ2v) is 9.56. The van der Waals surface area contributed by atoms with Gasteiger partial charge in [-0.25, -0.2) is 8.42 Å². The lowest BCUT2D eigenvalue weighted by molar-refractivity contribution is -0.120. The van der Waals surface area contributed by atoms with E-state index in [1.54, 1.807) is 12.1 Å². The van der Waals surface area contributed by atoms with Crippen LogP contribution in [-0.2, 0) is 14.8 Å². The van der Waals surface area contributed by atoms with Crippen LogP contribution in [-0.4, -0.2) is 27.1 Å². The van der Waals surface area contributed by atoms with E-state index >= 15 is 0 Å². The first kappa shape index (κ1) is 22.0. The Morgan fingerprint density at radius 3 is 2.04 bits per heavy atom. The molecule has 0 bridgehead atoms. The van der Waals surface area contributed by atoms with Crippen molar-refractivity contribution >= 4 is 21.6 Å². The number of aryl methyl sites for hydroxylation is 2. The Morgan fingerprint density at radius 1 is 0.964 bits per heavy atom. The maximum absolute atomic E-state index is 12.6. The maximum atomic E-state index is 12.6. The quantitative estimate of drug-likeness (QED) is 0.759. The lowest BCUT2D eigenvalue weighted by Crippen LogP contribution is -2.41. The molecular weight excluding hydrogens is 372 g/mol. The number of nitrogens with one attached hydrogen (secondary N) is 1. The van der Waals surface area contributed by atoms with Gasteiger partial charge >= 0.3 is 0 Å². The topological polar surface area (TPSA) is 66.5 Å². The zero-order chi connectivity index (χ0) is 21.1. The Balaban J connectivity index is 2.15. The molecule has 1 N–H and O–H groups in total. The van der Waals surface area contributed by atoms with Crippen molar-refractivity contribution in [2.45, 2.75) is 46.6 Å². The third-order valence-corrected chi connectivity index (χ3v) is 6.08. The Hall–Kier alpha value is -2.34. The fraction of sp³-hybridized carbons (Fsp3) is 0.409. The molecule has 6 heteroatoms. The van der Waals surface area contributed by atoms with Gasteiger partial charge in [0, 0.05) is 0 Å². The number of rotatable bonds is 7. The third-order valence-electron chi connectivity index (χ3n) is 4.94. The van der Waals surface area contributed by atoms with Crippen molar-refractivity contribution in [3.8, 4) is 0 Å². The number of amides is 1. The maximum Gasteiger partial charge on any atom is 0.241 e. The zero-order valence-electron chi connectivity index (χ0n) is 17.5. The minimum atomic E-state index is -3.59. The average molecular weight is 403 g/mol. The highest BCUT2D eigenvalue weighted by Crippen LogP contribution is 2.22. The Labute approximate surface area is 168 Å². The summed E-state index contributed by atoms with van der Waals surface area (Å²) in [5.74, 6) is 0.00642. The van der Waals surface area contributed by atoms with Gasteiger partial charge < -0.3 is 5.32 Å². The van der Waals surface area contributed by atoms with Crippen LogP contribution in [0.4, 0.5) is 5.69 Å². The van der Waals surface area contributed by atoms with E-state index < -0.39 is 10.0 Å².